The first kappa shape index (κ1) is 23.0. The van der Waals surface area contributed by atoms with Gasteiger partial charge in [0, 0.05) is 25.6 Å². The fourth-order valence-electron chi connectivity index (χ4n) is 4.53. The first-order valence-electron chi connectivity index (χ1n) is 11.3. The molecule has 33 heavy (non-hydrogen) atoms. The lowest BCUT2D eigenvalue weighted by Crippen LogP contribution is -2.44. The Labute approximate surface area is 194 Å². The molecule has 2 atom stereocenters. The van der Waals surface area contributed by atoms with Gasteiger partial charge in [-0.05, 0) is 63.4 Å². The van der Waals surface area contributed by atoms with E-state index < -0.39 is 11.6 Å². The highest BCUT2D eigenvalue weighted by molar-refractivity contribution is 6.04. The molecule has 4 rings (SSSR count). The minimum Gasteiger partial charge on any atom is -0.384 e. The largest absolute Gasteiger partial charge is 0.384 e. The number of carbonyl (C=O) groups is 2. The van der Waals surface area contributed by atoms with Crippen LogP contribution in [-0.4, -0.2) is 53.7 Å². The number of carbonyl (C=O) groups excluding carboxylic acids is 2. The number of benzene rings is 2. The summed E-state index contributed by atoms with van der Waals surface area (Å²) in [7, 11) is 1.64. The van der Waals surface area contributed by atoms with Crippen LogP contribution in [-0.2, 0) is 20.1 Å². The van der Waals surface area contributed by atoms with E-state index >= 15 is 0 Å². The van der Waals surface area contributed by atoms with Crippen molar-refractivity contribution >= 4 is 17.5 Å². The van der Waals surface area contributed by atoms with Gasteiger partial charge in [-0.2, -0.15) is 0 Å². The van der Waals surface area contributed by atoms with Crippen LogP contribution in [0.4, 0.5) is 0 Å². The maximum Gasteiger partial charge on any atom is 0.271 e. The highest BCUT2D eigenvalue weighted by atomic mass is 16.7. The summed E-state index contributed by atoms with van der Waals surface area (Å²) in [5, 5.41) is 5.69. The van der Waals surface area contributed by atoms with Crippen molar-refractivity contribution in [3.63, 3.8) is 0 Å². The van der Waals surface area contributed by atoms with Gasteiger partial charge in [0.15, 0.2) is 5.60 Å². The summed E-state index contributed by atoms with van der Waals surface area (Å²) < 4.78 is 0. The predicted molar refractivity (Wildman–Crippen MR) is 126 cm³/mol. The van der Waals surface area contributed by atoms with Gasteiger partial charge in [0.2, 0.25) is 0 Å². The van der Waals surface area contributed by atoms with Crippen LogP contribution in [0, 0.1) is 20.8 Å². The minimum absolute atomic E-state index is 0.178. The van der Waals surface area contributed by atoms with Gasteiger partial charge in [-0.1, -0.05) is 40.5 Å². The van der Waals surface area contributed by atoms with E-state index in [1.54, 1.807) is 13.1 Å². The monoisotopic (exact) mass is 449 g/mol. The fraction of sp³-hybridized carbons (Fsp3) is 0.423. The van der Waals surface area contributed by atoms with Gasteiger partial charge in [0.25, 0.3) is 11.8 Å². The van der Waals surface area contributed by atoms with E-state index in [0.717, 1.165) is 22.4 Å². The standard InChI is InChI=1S/C26H31N3O4/c1-7-29-25(31)23(15-32-29)28(6)24(30)21-9-8-19(13-18(21)4)22-14-26(5,33-27-22)20-11-16(2)10-17(3)12-20/h8-13,23H,7,14-15H2,1-6H3. The molecule has 2 aliphatic rings. The van der Waals surface area contributed by atoms with E-state index in [0.29, 0.717) is 18.5 Å². The van der Waals surface area contributed by atoms with Crippen molar-refractivity contribution in [2.45, 2.75) is 52.7 Å². The van der Waals surface area contributed by atoms with Crippen molar-refractivity contribution < 1.29 is 19.3 Å². The Morgan fingerprint density at radius 1 is 1.18 bits per heavy atom. The summed E-state index contributed by atoms with van der Waals surface area (Å²) in [6.07, 6.45) is 0.642. The number of amides is 2. The number of hydrogen-bond acceptors (Lipinski definition) is 5. The molecular weight excluding hydrogens is 418 g/mol. The highest BCUT2D eigenvalue weighted by Gasteiger charge is 2.39. The molecule has 2 amide bonds. The Morgan fingerprint density at radius 3 is 2.48 bits per heavy atom. The third-order valence-corrected chi connectivity index (χ3v) is 6.48. The van der Waals surface area contributed by atoms with E-state index in [1.807, 2.05) is 26.0 Å². The topological polar surface area (TPSA) is 71.4 Å². The molecule has 2 aromatic carbocycles. The van der Waals surface area contributed by atoms with E-state index in [-0.39, 0.29) is 18.4 Å². The van der Waals surface area contributed by atoms with Crippen molar-refractivity contribution in [3.05, 3.63) is 69.8 Å². The van der Waals surface area contributed by atoms with E-state index in [1.165, 1.54) is 21.1 Å². The number of hydroxylamine groups is 2. The van der Waals surface area contributed by atoms with E-state index in [4.69, 9.17) is 9.68 Å². The second kappa shape index (κ2) is 8.63. The third kappa shape index (κ3) is 4.25. The van der Waals surface area contributed by atoms with Gasteiger partial charge < -0.3 is 9.74 Å². The molecule has 7 nitrogen and oxygen atoms in total. The number of aryl methyl sites for hydroxylation is 3. The van der Waals surface area contributed by atoms with Crippen LogP contribution in [0.2, 0.25) is 0 Å². The number of oxime groups is 1. The average Bonchev–Trinajstić information content (AvgIpc) is 3.35. The maximum absolute atomic E-state index is 13.1. The summed E-state index contributed by atoms with van der Waals surface area (Å²) in [5.74, 6) is -0.394. The van der Waals surface area contributed by atoms with Gasteiger partial charge in [-0.3, -0.25) is 14.4 Å². The van der Waals surface area contributed by atoms with Crippen molar-refractivity contribution in [1.29, 1.82) is 0 Å². The fourth-order valence-corrected chi connectivity index (χ4v) is 4.53. The Balaban J connectivity index is 1.51. The molecule has 1 saturated heterocycles. The van der Waals surface area contributed by atoms with Crippen LogP contribution in [0.5, 0.6) is 0 Å². The lowest BCUT2D eigenvalue weighted by molar-refractivity contribution is -0.160. The molecule has 0 radical (unpaired) electrons. The van der Waals surface area contributed by atoms with Crippen molar-refractivity contribution in [3.8, 4) is 0 Å². The van der Waals surface area contributed by atoms with Gasteiger partial charge in [0.05, 0.1) is 5.71 Å². The molecule has 0 bridgehead atoms. The van der Waals surface area contributed by atoms with Gasteiger partial charge in [-0.25, -0.2) is 5.06 Å². The average molecular weight is 450 g/mol. The van der Waals surface area contributed by atoms with Crippen molar-refractivity contribution in [1.82, 2.24) is 9.96 Å². The molecule has 0 aromatic heterocycles. The molecule has 0 spiro atoms. The number of likely N-dealkylation sites (N-methyl/N-ethyl adjacent to an activating group) is 2. The first-order chi connectivity index (χ1) is 15.6. The smallest absolute Gasteiger partial charge is 0.271 e. The van der Waals surface area contributed by atoms with Crippen LogP contribution in [0.3, 0.4) is 0 Å². The number of hydrogen-bond donors (Lipinski definition) is 0. The molecule has 7 heteroatoms. The molecule has 2 unspecified atom stereocenters. The van der Waals surface area contributed by atoms with Crippen LogP contribution < -0.4 is 0 Å². The van der Waals surface area contributed by atoms with Crippen LogP contribution >= 0.6 is 0 Å². The summed E-state index contributed by atoms with van der Waals surface area (Å²) in [5.41, 5.74) is 6.13. The van der Waals surface area contributed by atoms with Gasteiger partial charge in [0.1, 0.15) is 12.6 Å². The highest BCUT2D eigenvalue weighted by Crippen LogP contribution is 2.37. The lowest BCUT2D eigenvalue weighted by Gasteiger charge is -2.23. The molecule has 2 aromatic rings. The molecule has 2 aliphatic heterocycles. The lowest BCUT2D eigenvalue weighted by atomic mass is 9.87. The van der Waals surface area contributed by atoms with Crippen LogP contribution in [0.25, 0.3) is 0 Å². The molecule has 0 N–H and O–H groups in total. The normalized spacial score (nSPS) is 22.4. The number of nitrogens with zero attached hydrogens (tertiary/aromatic N) is 3. The summed E-state index contributed by atoms with van der Waals surface area (Å²) in [4.78, 5) is 38.3. The predicted octanol–water partition coefficient (Wildman–Crippen LogP) is 3.89. The van der Waals surface area contributed by atoms with Gasteiger partial charge in [-0.15, -0.1) is 0 Å². The van der Waals surface area contributed by atoms with Gasteiger partial charge >= 0.3 is 0 Å². The summed E-state index contributed by atoms with van der Waals surface area (Å²) in [6.45, 7) is 10.6. The molecule has 1 fully saturated rings. The SMILES string of the molecule is CCN1OCC(N(C)C(=O)c2ccc(C3=NOC(C)(c4cc(C)cc(C)c4)C3)cc2C)C1=O. The van der Waals surface area contributed by atoms with Crippen LogP contribution in [0.15, 0.2) is 41.6 Å². The van der Waals surface area contributed by atoms with Crippen LogP contribution in [0.1, 0.15) is 58.4 Å². The zero-order chi connectivity index (χ0) is 23.9. The molecule has 2 heterocycles. The zero-order valence-electron chi connectivity index (χ0n) is 20.1. The maximum atomic E-state index is 13.1. The van der Waals surface area contributed by atoms with E-state index in [9.17, 15) is 9.59 Å². The quantitative estimate of drug-likeness (QED) is 0.694. The zero-order valence-corrected chi connectivity index (χ0v) is 20.1. The number of rotatable bonds is 5. The first-order valence-corrected chi connectivity index (χ1v) is 11.3. The van der Waals surface area contributed by atoms with Crippen molar-refractivity contribution in [2.24, 2.45) is 5.16 Å². The molecule has 174 valence electrons. The Morgan fingerprint density at radius 2 is 1.88 bits per heavy atom. The second-order valence-corrected chi connectivity index (χ2v) is 9.20. The molecule has 0 saturated carbocycles. The van der Waals surface area contributed by atoms with E-state index in [2.05, 4.69) is 44.1 Å². The summed E-state index contributed by atoms with van der Waals surface area (Å²) >= 11 is 0. The Kier molecular flexibility index (Phi) is 6.01. The Bertz CT molecular complexity index is 1120. The second-order valence-electron chi connectivity index (χ2n) is 9.20. The third-order valence-electron chi connectivity index (χ3n) is 6.48. The summed E-state index contributed by atoms with van der Waals surface area (Å²) in [6, 6.07) is 11.5. The Hall–Kier alpha value is -3.19. The van der Waals surface area contributed by atoms with Crippen molar-refractivity contribution in [2.75, 3.05) is 20.2 Å². The molecular formula is C26H31N3O4. The molecule has 0 aliphatic carbocycles. The minimum atomic E-state index is -0.609.